The second kappa shape index (κ2) is 5.34. The zero-order valence-electron chi connectivity index (χ0n) is 12.1. The summed E-state index contributed by atoms with van der Waals surface area (Å²) in [5.41, 5.74) is 1.56. The maximum absolute atomic E-state index is 10.5. The van der Waals surface area contributed by atoms with Crippen LogP contribution in [0.2, 0.25) is 0 Å². The fourth-order valence-electron chi connectivity index (χ4n) is 3.19. The van der Waals surface area contributed by atoms with Gasteiger partial charge < -0.3 is 5.11 Å². The summed E-state index contributed by atoms with van der Waals surface area (Å²) >= 11 is 1.74. The molecular weight excluding hydrogens is 240 g/mol. The smallest absolute Gasteiger partial charge is 0.0826 e. The van der Waals surface area contributed by atoms with Crippen molar-refractivity contribution >= 4 is 11.3 Å². The Labute approximate surface area is 115 Å². The van der Waals surface area contributed by atoms with Gasteiger partial charge in [-0.2, -0.15) is 0 Å². The first kappa shape index (κ1) is 14.1. The summed E-state index contributed by atoms with van der Waals surface area (Å²) in [6.07, 6.45) is 4.66. The Balaban J connectivity index is 1.94. The third kappa shape index (κ3) is 3.16. The highest BCUT2D eigenvalue weighted by Gasteiger charge is 2.32. The molecular formula is C16H26OS. The van der Waals surface area contributed by atoms with E-state index in [0.717, 1.165) is 11.5 Å². The Hall–Kier alpha value is -0.340. The van der Waals surface area contributed by atoms with E-state index in [0.29, 0.717) is 11.3 Å². The van der Waals surface area contributed by atoms with E-state index in [2.05, 4.69) is 39.1 Å². The number of thiophene rings is 1. The second-order valence-electron chi connectivity index (χ2n) is 6.91. The molecule has 1 aromatic heterocycles. The van der Waals surface area contributed by atoms with Crippen LogP contribution in [0.5, 0.6) is 0 Å². The van der Waals surface area contributed by atoms with Crippen molar-refractivity contribution in [3.8, 4) is 0 Å². The molecule has 1 unspecified atom stereocenters. The number of aliphatic hydroxyl groups is 1. The lowest BCUT2D eigenvalue weighted by Gasteiger charge is -2.38. The zero-order valence-corrected chi connectivity index (χ0v) is 12.9. The molecule has 0 saturated heterocycles. The average molecular weight is 266 g/mol. The molecule has 1 saturated carbocycles. The minimum absolute atomic E-state index is 0.240. The molecule has 1 atom stereocenters. The van der Waals surface area contributed by atoms with Gasteiger partial charge >= 0.3 is 0 Å². The van der Waals surface area contributed by atoms with Crippen molar-refractivity contribution in [2.45, 2.75) is 59.5 Å². The molecule has 2 heteroatoms. The molecule has 1 aromatic rings. The van der Waals surface area contributed by atoms with Crippen LogP contribution in [0, 0.1) is 24.2 Å². The zero-order chi connectivity index (χ0) is 13.3. The molecule has 1 N–H and O–H groups in total. The van der Waals surface area contributed by atoms with Gasteiger partial charge in [-0.15, -0.1) is 11.3 Å². The summed E-state index contributed by atoms with van der Waals surface area (Å²) < 4.78 is 0. The van der Waals surface area contributed by atoms with Crippen LogP contribution < -0.4 is 0 Å². The maximum Gasteiger partial charge on any atom is 0.0826 e. The van der Waals surface area contributed by atoms with Crippen molar-refractivity contribution in [3.63, 3.8) is 0 Å². The second-order valence-corrected chi connectivity index (χ2v) is 8.03. The SMILES string of the molecule is Cc1cc(C(O)C2CCC(C(C)(C)C)CC2)cs1. The number of hydrogen-bond donors (Lipinski definition) is 1. The lowest BCUT2D eigenvalue weighted by Crippen LogP contribution is -2.28. The third-order valence-electron chi connectivity index (χ3n) is 4.54. The van der Waals surface area contributed by atoms with Gasteiger partial charge in [-0.25, -0.2) is 0 Å². The topological polar surface area (TPSA) is 20.2 Å². The van der Waals surface area contributed by atoms with Crippen LogP contribution in [0.15, 0.2) is 11.4 Å². The standard InChI is InChI=1S/C16H26OS/c1-11-9-13(10-18-11)15(17)12-5-7-14(8-6-12)16(2,3)4/h9-10,12,14-15,17H,5-8H2,1-4H3. The van der Waals surface area contributed by atoms with Gasteiger partial charge in [0.05, 0.1) is 6.10 Å². The van der Waals surface area contributed by atoms with E-state index in [9.17, 15) is 5.11 Å². The van der Waals surface area contributed by atoms with E-state index < -0.39 is 0 Å². The largest absolute Gasteiger partial charge is 0.388 e. The molecule has 18 heavy (non-hydrogen) atoms. The van der Waals surface area contributed by atoms with Crippen LogP contribution >= 0.6 is 11.3 Å². The molecule has 1 fully saturated rings. The summed E-state index contributed by atoms with van der Waals surface area (Å²) in [4.78, 5) is 1.30. The summed E-state index contributed by atoms with van der Waals surface area (Å²) in [5.74, 6) is 1.29. The Bertz CT molecular complexity index is 380. The highest BCUT2D eigenvalue weighted by atomic mass is 32.1. The molecule has 1 heterocycles. The van der Waals surface area contributed by atoms with E-state index >= 15 is 0 Å². The summed E-state index contributed by atoms with van der Waals surface area (Å²) in [5, 5.41) is 12.6. The molecule has 0 radical (unpaired) electrons. The summed E-state index contributed by atoms with van der Waals surface area (Å²) in [7, 11) is 0. The normalized spacial score (nSPS) is 27.2. The van der Waals surface area contributed by atoms with Crippen molar-refractivity contribution in [1.82, 2.24) is 0 Å². The van der Waals surface area contributed by atoms with Gasteiger partial charge in [0.25, 0.3) is 0 Å². The molecule has 0 spiro atoms. The van der Waals surface area contributed by atoms with Crippen molar-refractivity contribution in [1.29, 1.82) is 0 Å². The molecule has 2 rings (SSSR count). The predicted octanol–water partition coefficient (Wildman–Crippen LogP) is 4.94. The number of aliphatic hydroxyl groups excluding tert-OH is 1. The number of hydrogen-bond acceptors (Lipinski definition) is 2. The molecule has 0 aromatic carbocycles. The summed E-state index contributed by atoms with van der Waals surface area (Å²) in [6.45, 7) is 9.14. The molecule has 0 aliphatic heterocycles. The molecule has 1 nitrogen and oxygen atoms in total. The number of aryl methyl sites for hydroxylation is 1. The minimum atomic E-state index is -0.240. The van der Waals surface area contributed by atoms with Gasteiger partial charge in [0.15, 0.2) is 0 Å². The first-order valence-corrected chi connectivity index (χ1v) is 7.99. The van der Waals surface area contributed by atoms with Gasteiger partial charge in [-0.3, -0.25) is 0 Å². The van der Waals surface area contributed by atoms with Crippen LogP contribution in [-0.2, 0) is 0 Å². The Kier molecular flexibility index (Phi) is 4.18. The van der Waals surface area contributed by atoms with Gasteiger partial charge in [0.2, 0.25) is 0 Å². The average Bonchev–Trinajstić information content (AvgIpc) is 2.74. The highest BCUT2D eigenvalue weighted by Crippen LogP contribution is 2.43. The first-order valence-electron chi connectivity index (χ1n) is 7.11. The van der Waals surface area contributed by atoms with Crippen molar-refractivity contribution < 1.29 is 5.11 Å². The van der Waals surface area contributed by atoms with Crippen molar-refractivity contribution in [2.24, 2.45) is 17.3 Å². The Morgan fingerprint density at radius 2 is 1.83 bits per heavy atom. The van der Waals surface area contributed by atoms with Crippen LogP contribution in [-0.4, -0.2) is 5.11 Å². The molecule has 1 aliphatic carbocycles. The number of rotatable bonds is 2. The molecule has 0 bridgehead atoms. The van der Waals surface area contributed by atoms with E-state index in [4.69, 9.17) is 0 Å². The quantitative estimate of drug-likeness (QED) is 0.803. The van der Waals surface area contributed by atoms with Gasteiger partial charge in [-0.05, 0) is 66.9 Å². The predicted molar refractivity (Wildman–Crippen MR) is 78.9 cm³/mol. The van der Waals surface area contributed by atoms with Crippen molar-refractivity contribution in [2.75, 3.05) is 0 Å². The molecule has 1 aliphatic rings. The highest BCUT2D eigenvalue weighted by molar-refractivity contribution is 7.10. The van der Waals surface area contributed by atoms with Crippen LogP contribution in [0.4, 0.5) is 0 Å². The first-order chi connectivity index (χ1) is 8.38. The lowest BCUT2D eigenvalue weighted by atomic mass is 9.68. The van der Waals surface area contributed by atoms with Gasteiger partial charge in [0.1, 0.15) is 0 Å². The molecule has 0 amide bonds. The fourth-order valence-corrected chi connectivity index (χ4v) is 3.93. The van der Waals surface area contributed by atoms with E-state index in [1.54, 1.807) is 11.3 Å². The lowest BCUT2D eigenvalue weighted by molar-refractivity contribution is 0.0530. The van der Waals surface area contributed by atoms with Gasteiger partial charge in [0, 0.05) is 4.88 Å². The Morgan fingerprint density at radius 3 is 2.28 bits per heavy atom. The van der Waals surface area contributed by atoms with Crippen molar-refractivity contribution in [3.05, 3.63) is 21.9 Å². The van der Waals surface area contributed by atoms with Crippen LogP contribution in [0.3, 0.4) is 0 Å². The monoisotopic (exact) mass is 266 g/mol. The molecule has 102 valence electrons. The van der Waals surface area contributed by atoms with Crippen LogP contribution in [0.1, 0.15) is 63.0 Å². The Morgan fingerprint density at radius 1 is 1.22 bits per heavy atom. The fraction of sp³-hybridized carbons (Fsp3) is 0.750. The summed E-state index contributed by atoms with van der Waals surface area (Å²) in [6, 6.07) is 2.14. The van der Waals surface area contributed by atoms with E-state index in [-0.39, 0.29) is 6.10 Å². The third-order valence-corrected chi connectivity index (χ3v) is 5.42. The maximum atomic E-state index is 10.5. The van der Waals surface area contributed by atoms with E-state index in [1.165, 1.54) is 30.6 Å². The van der Waals surface area contributed by atoms with E-state index in [1.807, 2.05) is 0 Å². The minimum Gasteiger partial charge on any atom is -0.388 e. The van der Waals surface area contributed by atoms with Crippen LogP contribution in [0.25, 0.3) is 0 Å². The van der Waals surface area contributed by atoms with Gasteiger partial charge in [-0.1, -0.05) is 20.8 Å².